The van der Waals surface area contributed by atoms with E-state index in [-0.39, 0.29) is 11.3 Å². The first-order valence-electron chi connectivity index (χ1n) is 6.55. The zero-order chi connectivity index (χ0) is 18.0. The van der Waals surface area contributed by atoms with Gasteiger partial charge in [-0.2, -0.15) is 0 Å². The lowest BCUT2D eigenvalue weighted by Gasteiger charge is -2.15. The van der Waals surface area contributed by atoms with Crippen molar-refractivity contribution < 1.29 is 32.0 Å². The van der Waals surface area contributed by atoms with Crippen LogP contribution in [0.3, 0.4) is 0 Å². The van der Waals surface area contributed by atoms with Crippen LogP contribution in [0.2, 0.25) is 0 Å². The van der Waals surface area contributed by atoms with Crippen LogP contribution in [0.4, 0.5) is 5.69 Å². The summed E-state index contributed by atoms with van der Waals surface area (Å²) in [6.45, 7) is 2.56. The molecule has 0 spiro atoms. The minimum atomic E-state index is -4.07. The lowest BCUT2D eigenvalue weighted by Crippen LogP contribution is -2.18. The highest BCUT2D eigenvalue weighted by Crippen LogP contribution is 2.33. The quantitative estimate of drug-likeness (QED) is 0.520. The summed E-state index contributed by atoms with van der Waals surface area (Å²) >= 11 is 0. The van der Waals surface area contributed by atoms with E-state index in [9.17, 15) is 37.2 Å². The Hall–Kier alpha value is -1.56. The predicted molar refractivity (Wildman–Crippen MR) is 81.9 cm³/mol. The second kappa shape index (κ2) is 6.91. The van der Waals surface area contributed by atoms with Crippen LogP contribution in [0, 0.1) is 10.1 Å². The Morgan fingerprint density at radius 3 is 1.96 bits per heavy atom. The number of nitro benzene ring substituents is 1. The van der Waals surface area contributed by atoms with Gasteiger partial charge in [-0.1, -0.05) is 13.8 Å². The number of hydrogen-bond donors (Lipinski definition) is 2. The van der Waals surface area contributed by atoms with Crippen molar-refractivity contribution in [1.82, 2.24) is 0 Å². The molecule has 0 amide bonds. The van der Waals surface area contributed by atoms with E-state index in [0.717, 1.165) is 18.2 Å². The van der Waals surface area contributed by atoms with E-state index in [1.165, 1.54) is 13.8 Å². The molecular formula is C12H17NO8S2. The molecule has 0 aliphatic carbocycles. The van der Waals surface area contributed by atoms with Crippen LogP contribution in [0.5, 0.6) is 0 Å². The van der Waals surface area contributed by atoms with Gasteiger partial charge in [0.15, 0.2) is 30.5 Å². The van der Waals surface area contributed by atoms with Crippen molar-refractivity contribution in [3.8, 4) is 0 Å². The fourth-order valence-corrected chi connectivity index (χ4v) is 3.58. The fraction of sp³-hybridized carbons (Fsp3) is 0.500. The first-order valence-corrected chi connectivity index (χ1v) is 9.98. The maximum absolute atomic E-state index is 11.8. The van der Waals surface area contributed by atoms with Crippen molar-refractivity contribution in [1.29, 1.82) is 0 Å². The number of aliphatic hydroxyl groups excluding tert-OH is 2. The fourth-order valence-electron chi connectivity index (χ4n) is 1.81. The minimum absolute atomic E-state index is 0.252. The Balaban J connectivity index is 3.55. The molecule has 130 valence electrons. The summed E-state index contributed by atoms with van der Waals surface area (Å²) in [4.78, 5) is 10.1. The Bertz CT molecular complexity index is 800. The van der Waals surface area contributed by atoms with E-state index in [1.54, 1.807) is 0 Å². The van der Waals surface area contributed by atoms with E-state index >= 15 is 0 Å². The number of sulfone groups is 2. The summed E-state index contributed by atoms with van der Waals surface area (Å²) in [5.74, 6) is -0.846. The van der Waals surface area contributed by atoms with E-state index in [0.29, 0.717) is 0 Å². The second-order valence-electron chi connectivity index (χ2n) is 4.68. The molecule has 0 aromatic heterocycles. The third-order valence-corrected chi connectivity index (χ3v) is 6.78. The smallest absolute Gasteiger partial charge is 0.276 e. The summed E-state index contributed by atoms with van der Waals surface area (Å²) in [6.07, 6.45) is 0. The van der Waals surface area contributed by atoms with Gasteiger partial charge < -0.3 is 10.2 Å². The number of aliphatic hydroxyl groups is 2. The van der Waals surface area contributed by atoms with Crippen molar-refractivity contribution in [2.24, 2.45) is 0 Å². The van der Waals surface area contributed by atoms with Gasteiger partial charge >= 0.3 is 0 Å². The zero-order valence-corrected chi connectivity index (χ0v) is 14.0. The second-order valence-corrected chi connectivity index (χ2v) is 9.38. The van der Waals surface area contributed by atoms with Crippen LogP contribution >= 0.6 is 0 Å². The Labute approximate surface area is 133 Å². The molecule has 0 aliphatic rings. The largest absolute Gasteiger partial charge is 0.373 e. The van der Waals surface area contributed by atoms with Gasteiger partial charge in [0.2, 0.25) is 0 Å². The molecule has 23 heavy (non-hydrogen) atoms. The number of hydrogen-bond acceptors (Lipinski definition) is 8. The Kier molecular flexibility index (Phi) is 5.85. The molecule has 9 nitrogen and oxygen atoms in total. The molecule has 0 fully saturated rings. The van der Waals surface area contributed by atoms with Crippen molar-refractivity contribution >= 4 is 25.4 Å². The summed E-state index contributed by atoms with van der Waals surface area (Å²) in [6, 6.07) is 2.69. The molecular weight excluding hydrogens is 350 g/mol. The van der Waals surface area contributed by atoms with Gasteiger partial charge in [-0.05, 0) is 17.7 Å². The van der Waals surface area contributed by atoms with Crippen LogP contribution < -0.4 is 0 Å². The number of rotatable bonds is 7. The highest BCUT2D eigenvalue weighted by Gasteiger charge is 2.32. The molecule has 0 radical (unpaired) electrons. The summed E-state index contributed by atoms with van der Waals surface area (Å²) in [5.41, 5.74) is -5.68. The van der Waals surface area contributed by atoms with Crippen LogP contribution in [-0.4, -0.2) is 43.5 Å². The lowest BCUT2D eigenvalue weighted by molar-refractivity contribution is -0.385. The maximum Gasteiger partial charge on any atom is 0.276 e. The van der Waals surface area contributed by atoms with Gasteiger partial charge in [-0.15, -0.1) is 0 Å². The van der Waals surface area contributed by atoms with Crippen molar-refractivity contribution in [2.75, 3.05) is 11.5 Å². The van der Waals surface area contributed by atoms with Crippen LogP contribution in [0.25, 0.3) is 0 Å². The maximum atomic E-state index is 11.8. The van der Waals surface area contributed by atoms with Gasteiger partial charge in [-0.25, -0.2) is 16.8 Å². The molecule has 2 atom stereocenters. The zero-order valence-electron chi connectivity index (χ0n) is 12.4. The molecule has 0 saturated heterocycles. The third kappa shape index (κ3) is 4.05. The first kappa shape index (κ1) is 19.5. The minimum Gasteiger partial charge on any atom is -0.373 e. The van der Waals surface area contributed by atoms with Gasteiger partial charge in [-0.3, -0.25) is 10.1 Å². The molecule has 1 aromatic rings. The molecule has 2 N–H and O–H groups in total. The number of nitrogens with zero attached hydrogens (tertiary/aromatic N) is 1. The van der Waals surface area contributed by atoms with Gasteiger partial charge in [0.25, 0.3) is 5.69 Å². The topological polar surface area (TPSA) is 152 Å². The van der Waals surface area contributed by atoms with Gasteiger partial charge in [0.05, 0.1) is 22.0 Å². The van der Waals surface area contributed by atoms with E-state index in [1.807, 2.05) is 0 Å². The van der Waals surface area contributed by atoms with Crippen LogP contribution in [0.1, 0.15) is 35.8 Å². The monoisotopic (exact) mass is 367 g/mol. The molecule has 0 saturated carbocycles. The molecule has 1 rings (SSSR count). The third-order valence-electron chi connectivity index (χ3n) is 3.28. The van der Waals surface area contributed by atoms with Crippen molar-refractivity contribution in [3.05, 3.63) is 39.4 Å². The molecule has 11 heteroatoms. The van der Waals surface area contributed by atoms with E-state index < -0.39 is 52.5 Å². The first-order chi connectivity index (χ1) is 10.5. The SMILES string of the molecule is CCS(=O)(=O)C(O)c1ccc([N+](=O)[O-])c(C(O)S(=O)(=O)CC)c1. The van der Waals surface area contributed by atoms with Crippen molar-refractivity contribution in [3.63, 3.8) is 0 Å². The Morgan fingerprint density at radius 2 is 1.52 bits per heavy atom. The van der Waals surface area contributed by atoms with E-state index in [2.05, 4.69) is 0 Å². The van der Waals surface area contributed by atoms with Gasteiger partial charge in [0.1, 0.15) is 0 Å². The molecule has 0 heterocycles. The van der Waals surface area contributed by atoms with Crippen LogP contribution in [0.15, 0.2) is 18.2 Å². The highest BCUT2D eigenvalue weighted by atomic mass is 32.2. The summed E-state index contributed by atoms with van der Waals surface area (Å²) in [7, 11) is -7.98. The molecule has 0 bridgehead atoms. The highest BCUT2D eigenvalue weighted by molar-refractivity contribution is 7.91. The molecule has 0 aliphatic heterocycles. The Morgan fingerprint density at radius 1 is 1.04 bits per heavy atom. The van der Waals surface area contributed by atoms with Gasteiger partial charge in [0, 0.05) is 6.07 Å². The predicted octanol–water partition coefficient (Wildman–Crippen LogP) is 0.446. The van der Waals surface area contributed by atoms with Crippen molar-refractivity contribution in [2.45, 2.75) is 24.7 Å². The number of nitro groups is 1. The average molecular weight is 367 g/mol. The van der Waals surface area contributed by atoms with Crippen LogP contribution in [-0.2, 0) is 19.7 Å². The lowest BCUT2D eigenvalue weighted by atomic mass is 10.1. The molecule has 2 unspecified atom stereocenters. The normalized spacial score (nSPS) is 15.1. The standard InChI is InChI=1S/C12H17NO8S2/c1-3-22(18,19)11(14)8-5-6-10(13(16)17)9(7-8)12(15)23(20,21)4-2/h5-7,11-12,14-15H,3-4H2,1-2H3. The summed E-state index contributed by atoms with van der Waals surface area (Å²) in [5, 5.41) is 30.8. The average Bonchev–Trinajstić information content (AvgIpc) is 2.52. The van der Waals surface area contributed by atoms with E-state index in [4.69, 9.17) is 0 Å². The number of benzene rings is 1. The molecule has 1 aromatic carbocycles. The summed E-state index contributed by atoms with van der Waals surface area (Å²) < 4.78 is 46.9.